The summed E-state index contributed by atoms with van der Waals surface area (Å²) in [6.45, 7) is 3.24. The lowest BCUT2D eigenvalue weighted by atomic mass is 10.1. The molecule has 0 aliphatic carbocycles. The quantitative estimate of drug-likeness (QED) is 0.485. The molecule has 1 saturated heterocycles. The van der Waals surface area contributed by atoms with Crippen molar-refractivity contribution in [1.82, 2.24) is 15.2 Å². The fraction of sp³-hybridized carbons (Fsp3) is 0.190. The Morgan fingerprint density at radius 3 is 2.73 bits per heavy atom. The highest BCUT2D eigenvalue weighted by Gasteiger charge is 2.16. The maximum absolute atomic E-state index is 12.5. The van der Waals surface area contributed by atoms with Gasteiger partial charge >= 0.3 is 0 Å². The van der Waals surface area contributed by atoms with Gasteiger partial charge in [0.25, 0.3) is 5.91 Å². The van der Waals surface area contributed by atoms with Crippen LogP contribution in [-0.4, -0.2) is 47.4 Å². The van der Waals surface area contributed by atoms with Crippen LogP contribution in [0, 0.1) is 0 Å². The molecule has 5 rings (SSSR count). The van der Waals surface area contributed by atoms with Gasteiger partial charge in [-0.15, -0.1) is 22.7 Å². The van der Waals surface area contributed by atoms with Crippen LogP contribution in [-0.2, 0) is 4.74 Å². The number of nitrogens with zero attached hydrogens (tertiary/aromatic N) is 3. The van der Waals surface area contributed by atoms with Crippen LogP contribution in [0.25, 0.3) is 21.8 Å². The van der Waals surface area contributed by atoms with Crippen LogP contribution in [0.4, 0.5) is 10.8 Å². The van der Waals surface area contributed by atoms with Gasteiger partial charge in [0.15, 0.2) is 10.8 Å². The van der Waals surface area contributed by atoms with Crippen LogP contribution in [0.3, 0.4) is 0 Å². The van der Waals surface area contributed by atoms with E-state index in [1.54, 1.807) is 28.7 Å². The average Bonchev–Trinajstić information content (AvgIpc) is 3.56. The van der Waals surface area contributed by atoms with Gasteiger partial charge in [-0.05, 0) is 29.6 Å². The lowest BCUT2D eigenvalue weighted by Crippen LogP contribution is -2.36. The van der Waals surface area contributed by atoms with E-state index in [9.17, 15) is 4.79 Å². The lowest BCUT2D eigenvalue weighted by Gasteiger charge is -2.26. The molecule has 4 aromatic rings. The van der Waals surface area contributed by atoms with Crippen LogP contribution in [0.2, 0.25) is 0 Å². The number of carbonyl (C=O) groups excluding carboxylic acids is 1. The molecule has 1 aromatic carbocycles. The van der Waals surface area contributed by atoms with E-state index in [4.69, 9.17) is 9.72 Å². The van der Waals surface area contributed by atoms with Crippen molar-refractivity contribution in [2.24, 2.45) is 0 Å². The molecular weight excluding hydrogens is 418 g/mol. The molecule has 0 unspecified atom stereocenters. The first-order chi connectivity index (χ1) is 14.8. The van der Waals surface area contributed by atoms with Gasteiger partial charge in [0.2, 0.25) is 0 Å². The molecule has 4 heterocycles. The first-order valence-corrected chi connectivity index (χ1v) is 11.3. The Labute approximate surface area is 181 Å². The first kappa shape index (κ1) is 19.0. The monoisotopic (exact) mass is 437 g/mol. The number of benzene rings is 1. The summed E-state index contributed by atoms with van der Waals surface area (Å²) in [5, 5.41) is 15.0. The van der Waals surface area contributed by atoms with Gasteiger partial charge in [-0.3, -0.25) is 9.89 Å². The number of nitrogens with one attached hydrogen (secondary N) is 2. The highest BCUT2D eigenvalue weighted by molar-refractivity contribution is 7.14. The Hall–Kier alpha value is -3.01. The number of amides is 1. The number of thiophene rings is 1. The topological polar surface area (TPSA) is 83.1 Å². The molecule has 0 saturated carbocycles. The van der Waals surface area contributed by atoms with E-state index in [2.05, 4.69) is 25.8 Å². The molecule has 7 nitrogen and oxygen atoms in total. The number of aromatic nitrogens is 3. The summed E-state index contributed by atoms with van der Waals surface area (Å²) >= 11 is 3.24. The van der Waals surface area contributed by atoms with Crippen molar-refractivity contribution in [3.63, 3.8) is 0 Å². The van der Waals surface area contributed by atoms with Crippen molar-refractivity contribution in [2.75, 3.05) is 36.5 Å². The molecule has 0 radical (unpaired) electrons. The molecule has 1 amide bonds. The standard InChI is InChI=1S/C21H19N5O2S2/c27-20(17-12-16(24-25-17)19-2-1-11-29-19)22-15-5-3-14(4-6-15)18-13-30-21(23-18)26-7-9-28-10-8-26/h1-6,11-13H,7-10H2,(H,22,27)(H,24,25). The van der Waals surface area contributed by atoms with Crippen molar-refractivity contribution in [2.45, 2.75) is 0 Å². The third-order valence-corrected chi connectivity index (χ3v) is 6.61. The summed E-state index contributed by atoms with van der Waals surface area (Å²) in [5.41, 5.74) is 3.87. The summed E-state index contributed by atoms with van der Waals surface area (Å²) in [5.74, 6) is -0.245. The largest absolute Gasteiger partial charge is 0.378 e. The molecule has 9 heteroatoms. The number of aromatic amines is 1. The summed E-state index contributed by atoms with van der Waals surface area (Å²) in [7, 11) is 0. The maximum atomic E-state index is 12.5. The van der Waals surface area contributed by atoms with E-state index in [0.29, 0.717) is 11.4 Å². The molecule has 2 N–H and O–H groups in total. The number of carbonyl (C=O) groups is 1. The number of hydrogen-bond acceptors (Lipinski definition) is 7. The fourth-order valence-corrected chi connectivity index (χ4v) is 4.79. The van der Waals surface area contributed by atoms with Crippen molar-refractivity contribution >= 4 is 39.4 Å². The molecule has 30 heavy (non-hydrogen) atoms. The second-order valence-corrected chi connectivity index (χ2v) is 8.57. The zero-order chi connectivity index (χ0) is 20.3. The highest BCUT2D eigenvalue weighted by atomic mass is 32.1. The zero-order valence-electron chi connectivity index (χ0n) is 16.0. The SMILES string of the molecule is O=C(Nc1ccc(-c2csc(N3CCOCC3)n2)cc1)c1cc(-c2cccs2)[nH]n1. The summed E-state index contributed by atoms with van der Waals surface area (Å²) in [6, 6.07) is 13.4. The minimum absolute atomic E-state index is 0.245. The van der Waals surface area contributed by atoms with E-state index < -0.39 is 0 Å². The summed E-state index contributed by atoms with van der Waals surface area (Å²) in [4.78, 5) is 20.6. The van der Waals surface area contributed by atoms with Gasteiger partial charge in [-0.1, -0.05) is 18.2 Å². The number of anilines is 2. The predicted molar refractivity (Wildman–Crippen MR) is 120 cm³/mol. The van der Waals surface area contributed by atoms with Crippen LogP contribution >= 0.6 is 22.7 Å². The zero-order valence-corrected chi connectivity index (χ0v) is 17.6. The maximum Gasteiger partial charge on any atom is 0.276 e. The third kappa shape index (κ3) is 4.00. The van der Waals surface area contributed by atoms with Crippen molar-refractivity contribution in [3.05, 3.63) is 58.9 Å². The van der Waals surface area contributed by atoms with Crippen molar-refractivity contribution in [1.29, 1.82) is 0 Å². The second-order valence-electron chi connectivity index (χ2n) is 6.79. The van der Waals surface area contributed by atoms with Crippen molar-refractivity contribution in [3.8, 4) is 21.8 Å². The summed E-state index contributed by atoms with van der Waals surface area (Å²) in [6.07, 6.45) is 0. The molecule has 0 spiro atoms. The predicted octanol–water partition coefficient (Wildman–Crippen LogP) is 4.35. The van der Waals surface area contributed by atoms with Gasteiger partial charge in [0, 0.05) is 29.7 Å². The van der Waals surface area contributed by atoms with Gasteiger partial charge in [0.05, 0.1) is 29.5 Å². The third-order valence-electron chi connectivity index (χ3n) is 4.81. The number of hydrogen-bond donors (Lipinski definition) is 2. The van der Waals surface area contributed by atoms with Crippen LogP contribution in [0.1, 0.15) is 10.5 Å². The Bertz CT molecular complexity index is 1130. The van der Waals surface area contributed by atoms with Gasteiger partial charge in [0.1, 0.15) is 0 Å². The molecule has 0 bridgehead atoms. The van der Waals surface area contributed by atoms with Crippen LogP contribution in [0.5, 0.6) is 0 Å². The van der Waals surface area contributed by atoms with E-state index in [0.717, 1.165) is 53.3 Å². The highest BCUT2D eigenvalue weighted by Crippen LogP contribution is 2.29. The van der Waals surface area contributed by atoms with Gasteiger partial charge in [-0.2, -0.15) is 5.10 Å². The molecule has 1 aliphatic rings. The number of thiazole rings is 1. The molecule has 152 valence electrons. The normalized spacial score (nSPS) is 14.1. The molecule has 1 aliphatic heterocycles. The van der Waals surface area contributed by atoms with E-state index >= 15 is 0 Å². The minimum Gasteiger partial charge on any atom is -0.378 e. The Kier molecular flexibility index (Phi) is 5.31. The molecular formula is C21H19N5O2S2. The summed E-state index contributed by atoms with van der Waals surface area (Å²) < 4.78 is 5.40. The minimum atomic E-state index is -0.245. The number of ether oxygens (including phenoxy) is 1. The van der Waals surface area contributed by atoms with E-state index in [1.165, 1.54) is 0 Å². The smallest absolute Gasteiger partial charge is 0.276 e. The Balaban J connectivity index is 1.25. The van der Waals surface area contributed by atoms with Crippen LogP contribution in [0.15, 0.2) is 53.2 Å². The Morgan fingerprint density at radius 1 is 1.13 bits per heavy atom. The molecule has 0 atom stereocenters. The van der Waals surface area contributed by atoms with E-state index in [-0.39, 0.29) is 5.91 Å². The number of H-pyrrole nitrogens is 1. The molecule has 3 aromatic heterocycles. The fourth-order valence-electron chi connectivity index (χ4n) is 3.21. The van der Waals surface area contributed by atoms with Gasteiger partial charge < -0.3 is 15.0 Å². The van der Waals surface area contributed by atoms with Crippen LogP contribution < -0.4 is 10.2 Å². The first-order valence-electron chi connectivity index (χ1n) is 9.55. The van der Waals surface area contributed by atoms with E-state index in [1.807, 2.05) is 41.8 Å². The molecule has 1 fully saturated rings. The number of morpholine rings is 1. The lowest BCUT2D eigenvalue weighted by molar-refractivity contribution is 0.102. The second kappa shape index (κ2) is 8.39. The van der Waals surface area contributed by atoms with Crippen molar-refractivity contribution < 1.29 is 9.53 Å². The van der Waals surface area contributed by atoms with Gasteiger partial charge in [-0.25, -0.2) is 4.98 Å². The number of rotatable bonds is 5. The Morgan fingerprint density at radius 2 is 1.97 bits per heavy atom. The average molecular weight is 438 g/mol.